The van der Waals surface area contributed by atoms with Crippen LogP contribution in [0.4, 0.5) is 0 Å². The van der Waals surface area contributed by atoms with E-state index in [-0.39, 0.29) is 6.61 Å². The molecule has 3 aromatic carbocycles. The van der Waals surface area contributed by atoms with Crippen LogP contribution in [0.3, 0.4) is 0 Å². The highest BCUT2D eigenvalue weighted by Gasteiger charge is 2.23. The molecule has 0 saturated carbocycles. The summed E-state index contributed by atoms with van der Waals surface area (Å²) < 4.78 is 17.8. The van der Waals surface area contributed by atoms with Crippen molar-refractivity contribution in [3.63, 3.8) is 0 Å². The molecule has 39 heavy (non-hydrogen) atoms. The van der Waals surface area contributed by atoms with Crippen molar-refractivity contribution in [2.24, 2.45) is 0 Å². The molecule has 0 bridgehead atoms. The quantitative estimate of drug-likeness (QED) is 0.216. The van der Waals surface area contributed by atoms with Crippen molar-refractivity contribution in [1.82, 2.24) is 15.1 Å². The SMILES string of the molecule is O[C@H](COc1cccc2oc(-c3nnc(-c4ccccc4)o3)cc12)CN1CCC(c2ccc(Cl)c(Cl)c2)CC1. The van der Waals surface area contributed by atoms with E-state index in [1.807, 2.05) is 66.7 Å². The van der Waals surface area contributed by atoms with Crippen LogP contribution in [-0.4, -0.2) is 52.5 Å². The second-order valence-electron chi connectivity index (χ2n) is 9.77. The number of hydrogen-bond donors (Lipinski definition) is 1. The fourth-order valence-electron chi connectivity index (χ4n) is 5.04. The summed E-state index contributed by atoms with van der Waals surface area (Å²) in [6.07, 6.45) is 1.38. The molecule has 0 spiro atoms. The Morgan fingerprint density at radius 2 is 1.69 bits per heavy atom. The van der Waals surface area contributed by atoms with Gasteiger partial charge in [0.05, 0.1) is 15.4 Å². The molecule has 9 heteroatoms. The molecule has 1 N–H and O–H groups in total. The van der Waals surface area contributed by atoms with Crippen molar-refractivity contribution in [1.29, 1.82) is 0 Å². The molecule has 1 aliphatic heterocycles. The molecule has 0 unspecified atom stereocenters. The van der Waals surface area contributed by atoms with E-state index in [0.29, 0.717) is 51.4 Å². The number of hydrogen-bond acceptors (Lipinski definition) is 7. The van der Waals surface area contributed by atoms with Crippen LogP contribution in [0.15, 0.2) is 81.6 Å². The van der Waals surface area contributed by atoms with Gasteiger partial charge in [0.2, 0.25) is 5.89 Å². The summed E-state index contributed by atoms with van der Waals surface area (Å²) in [5, 5.41) is 21.0. The highest BCUT2D eigenvalue weighted by atomic mass is 35.5. The van der Waals surface area contributed by atoms with E-state index in [2.05, 4.69) is 21.2 Å². The van der Waals surface area contributed by atoms with Crippen molar-refractivity contribution in [3.8, 4) is 28.9 Å². The van der Waals surface area contributed by atoms with Crippen LogP contribution in [0.1, 0.15) is 24.3 Å². The smallest absolute Gasteiger partial charge is 0.283 e. The van der Waals surface area contributed by atoms with Crippen LogP contribution in [0.5, 0.6) is 5.75 Å². The number of aromatic nitrogens is 2. The molecule has 0 radical (unpaired) electrons. The second kappa shape index (κ2) is 11.4. The predicted octanol–water partition coefficient (Wildman–Crippen LogP) is 7.08. The van der Waals surface area contributed by atoms with Crippen LogP contribution in [0.25, 0.3) is 34.1 Å². The Balaban J connectivity index is 1.06. The topological polar surface area (TPSA) is 84.8 Å². The third-order valence-corrected chi connectivity index (χ3v) is 7.82. The zero-order valence-electron chi connectivity index (χ0n) is 21.1. The number of aliphatic hydroxyl groups excluding tert-OH is 1. The molecule has 0 aliphatic carbocycles. The van der Waals surface area contributed by atoms with Crippen LogP contribution in [0, 0.1) is 0 Å². The lowest BCUT2D eigenvalue weighted by Crippen LogP contribution is -2.40. The summed E-state index contributed by atoms with van der Waals surface area (Å²) in [5.74, 6) is 2.25. The molecule has 1 aliphatic rings. The molecule has 0 amide bonds. The summed E-state index contributed by atoms with van der Waals surface area (Å²) in [5.41, 5.74) is 2.70. The first kappa shape index (κ1) is 25.9. The number of nitrogens with zero attached hydrogens (tertiary/aromatic N) is 3. The third-order valence-electron chi connectivity index (χ3n) is 7.08. The zero-order valence-corrected chi connectivity index (χ0v) is 22.6. The van der Waals surface area contributed by atoms with Gasteiger partial charge in [-0.15, -0.1) is 10.2 Å². The van der Waals surface area contributed by atoms with Gasteiger partial charge in [-0.25, -0.2) is 0 Å². The Morgan fingerprint density at radius 3 is 2.49 bits per heavy atom. The molecule has 200 valence electrons. The Bertz CT molecular complexity index is 1560. The summed E-state index contributed by atoms with van der Waals surface area (Å²) >= 11 is 12.3. The molecule has 5 aromatic rings. The maximum Gasteiger partial charge on any atom is 0.283 e. The number of aliphatic hydroxyl groups is 1. The molecule has 6 rings (SSSR count). The minimum Gasteiger partial charge on any atom is -0.490 e. The molecule has 1 fully saturated rings. The standard InChI is InChI=1S/C30H27Cl2N3O4/c31-24-10-9-21(15-25(24)32)19-11-13-35(14-12-19)17-22(36)18-37-26-7-4-8-27-23(26)16-28(38-27)30-34-33-29(39-30)20-5-2-1-3-6-20/h1-10,15-16,19,22,36H,11-14,17-18H2/t22-/m0/s1. The fourth-order valence-corrected chi connectivity index (χ4v) is 5.34. The van der Waals surface area contributed by atoms with Crippen LogP contribution in [-0.2, 0) is 0 Å². The zero-order chi connectivity index (χ0) is 26.8. The van der Waals surface area contributed by atoms with Gasteiger partial charge in [-0.1, -0.05) is 53.5 Å². The van der Waals surface area contributed by atoms with Gasteiger partial charge in [-0.3, -0.25) is 0 Å². The van der Waals surface area contributed by atoms with Gasteiger partial charge >= 0.3 is 0 Å². The predicted molar refractivity (Wildman–Crippen MR) is 151 cm³/mol. The van der Waals surface area contributed by atoms with Gasteiger partial charge in [0.25, 0.3) is 5.89 Å². The second-order valence-corrected chi connectivity index (χ2v) is 10.6. The highest BCUT2D eigenvalue weighted by molar-refractivity contribution is 6.42. The number of ether oxygens (including phenoxy) is 1. The lowest BCUT2D eigenvalue weighted by Gasteiger charge is -2.33. The number of benzene rings is 3. The summed E-state index contributed by atoms with van der Waals surface area (Å²) in [7, 11) is 0. The Labute approximate surface area is 235 Å². The van der Waals surface area contributed by atoms with E-state index < -0.39 is 6.10 Å². The van der Waals surface area contributed by atoms with E-state index in [9.17, 15) is 5.11 Å². The molecule has 1 saturated heterocycles. The maximum absolute atomic E-state index is 10.7. The Hall–Kier alpha value is -3.36. The van der Waals surface area contributed by atoms with Crippen molar-refractivity contribution < 1.29 is 18.7 Å². The average molecular weight is 564 g/mol. The number of rotatable bonds is 8. The fraction of sp³-hybridized carbons (Fsp3) is 0.267. The summed E-state index contributed by atoms with van der Waals surface area (Å²) in [6.45, 7) is 2.52. The van der Waals surface area contributed by atoms with Crippen molar-refractivity contribution >= 4 is 34.2 Å². The first-order valence-corrected chi connectivity index (χ1v) is 13.7. The number of fused-ring (bicyclic) bond motifs is 1. The number of piperidine rings is 1. The van der Waals surface area contributed by atoms with Crippen molar-refractivity contribution in [2.75, 3.05) is 26.2 Å². The molecule has 7 nitrogen and oxygen atoms in total. The Morgan fingerprint density at radius 1 is 0.897 bits per heavy atom. The number of furan rings is 1. The molecule has 3 heterocycles. The number of likely N-dealkylation sites (tertiary alicyclic amines) is 1. The summed E-state index contributed by atoms with van der Waals surface area (Å²) in [6, 6.07) is 22.9. The van der Waals surface area contributed by atoms with Crippen molar-refractivity contribution in [3.05, 3.63) is 88.4 Å². The van der Waals surface area contributed by atoms with E-state index in [4.69, 9.17) is 36.8 Å². The lowest BCUT2D eigenvalue weighted by molar-refractivity contribution is 0.0599. The Kier molecular flexibility index (Phi) is 7.57. The normalized spacial score (nSPS) is 15.6. The van der Waals surface area contributed by atoms with Crippen molar-refractivity contribution in [2.45, 2.75) is 24.9 Å². The minimum absolute atomic E-state index is 0.172. The van der Waals surface area contributed by atoms with E-state index >= 15 is 0 Å². The van der Waals surface area contributed by atoms with E-state index in [1.165, 1.54) is 5.56 Å². The lowest BCUT2D eigenvalue weighted by atomic mass is 9.89. The van der Waals surface area contributed by atoms with Gasteiger partial charge < -0.3 is 23.6 Å². The molecular formula is C30H27Cl2N3O4. The van der Waals surface area contributed by atoms with E-state index in [0.717, 1.165) is 36.9 Å². The van der Waals surface area contributed by atoms with Crippen LogP contribution < -0.4 is 4.74 Å². The van der Waals surface area contributed by atoms with Crippen LogP contribution >= 0.6 is 23.2 Å². The molecule has 2 aromatic heterocycles. The minimum atomic E-state index is -0.627. The largest absolute Gasteiger partial charge is 0.490 e. The van der Waals surface area contributed by atoms with Gasteiger partial charge in [0, 0.05) is 18.2 Å². The molecule has 1 atom stereocenters. The average Bonchev–Trinajstić information content (AvgIpc) is 3.62. The first-order chi connectivity index (χ1) is 19.0. The monoisotopic (exact) mass is 563 g/mol. The highest BCUT2D eigenvalue weighted by Crippen LogP contribution is 2.35. The number of halogens is 2. The summed E-state index contributed by atoms with van der Waals surface area (Å²) in [4.78, 5) is 2.28. The van der Waals surface area contributed by atoms with Gasteiger partial charge in [-0.05, 0) is 73.8 Å². The number of β-amino-alcohol motifs (C(OH)–C–C–N with tert-alkyl or cyclic N) is 1. The third kappa shape index (κ3) is 5.82. The van der Waals surface area contributed by atoms with Gasteiger partial charge in [-0.2, -0.15) is 0 Å². The van der Waals surface area contributed by atoms with E-state index in [1.54, 1.807) is 0 Å². The van der Waals surface area contributed by atoms with Crippen LogP contribution in [0.2, 0.25) is 10.0 Å². The molecular weight excluding hydrogens is 537 g/mol. The van der Waals surface area contributed by atoms with Gasteiger partial charge in [0.1, 0.15) is 24.0 Å². The van der Waals surface area contributed by atoms with Gasteiger partial charge in [0.15, 0.2) is 5.76 Å². The first-order valence-electron chi connectivity index (χ1n) is 12.9. The maximum atomic E-state index is 10.7.